The Balaban J connectivity index is -0.0000000538. The van der Waals surface area contributed by atoms with Crippen LogP contribution in [-0.4, -0.2) is 88.5 Å². The van der Waals surface area contributed by atoms with Crippen molar-refractivity contribution in [3.05, 3.63) is 124 Å². The SMILES string of the molecule is CC(=O)[O-].CC(=O)[O-].CN(C)CCN=Cc1ccccc1[O-].CN(C)CCN=Cc1ccccc1[O-].[Cu+2].[Cu+2].[Cu+2].[Cu+2].[N-]=[N+]=[N-].[N-]=[N+]=[N-].[N-]=[N+]=[N-].[N-]=[N+]=[N-]. The predicted molar refractivity (Wildman–Crippen MR) is 175 cm³/mol. The second-order valence-corrected chi connectivity index (χ2v) is 8.09. The van der Waals surface area contributed by atoms with Gasteiger partial charge in [-0.2, -0.15) is 0 Å². The molecule has 2 aromatic carbocycles. The van der Waals surface area contributed by atoms with Gasteiger partial charge in [-0.05, 0) is 53.2 Å². The van der Waals surface area contributed by atoms with E-state index in [1.54, 1.807) is 48.8 Å². The first-order valence-electron chi connectivity index (χ1n) is 12.6. The largest absolute Gasteiger partial charge is 2.00 e. The van der Waals surface area contributed by atoms with Gasteiger partial charge in [-0.1, -0.05) is 48.5 Å². The van der Waals surface area contributed by atoms with E-state index in [9.17, 15) is 10.2 Å². The van der Waals surface area contributed by atoms with Crippen molar-refractivity contribution in [3.8, 4) is 11.5 Å². The molecule has 0 aromatic heterocycles. The maximum absolute atomic E-state index is 11.2. The minimum absolute atomic E-state index is 0. The first kappa shape index (κ1) is 73.1. The summed E-state index contributed by atoms with van der Waals surface area (Å²) in [6.07, 6.45) is 3.29. The van der Waals surface area contributed by atoms with Gasteiger partial charge in [-0.3, -0.25) is 29.6 Å². The van der Waals surface area contributed by atoms with Crippen molar-refractivity contribution in [2.45, 2.75) is 13.8 Å². The van der Waals surface area contributed by atoms with Crippen molar-refractivity contribution >= 4 is 24.4 Å². The average Bonchev–Trinajstić information content (AvgIpc) is 2.96. The summed E-state index contributed by atoms with van der Waals surface area (Å²) in [7, 11) is 7.99. The van der Waals surface area contributed by atoms with E-state index >= 15 is 0 Å². The molecule has 0 saturated carbocycles. The molecule has 0 atom stereocenters. The summed E-state index contributed by atoms with van der Waals surface area (Å²) >= 11 is 0. The summed E-state index contributed by atoms with van der Waals surface area (Å²) in [4.78, 5) is 36.2. The Morgan fingerprint density at radius 3 is 0.942 bits per heavy atom. The van der Waals surface area contributed by atoms with E-state index in [1.165, 1.54) is 19.6 Å². The third kappa shape index (κ3) is 90.8. The number of carboxylic acids is 2. The van der Waals surface area contributed by atoms with Crippen LogP contribution in [0.1, 0.15) is 25.0 Å². The minimum Gasteiger partial charge on any atom is -0.872 e. The third-order valence-corrected chi connectivity index (χ3v) is 3.65. The van der Waals surface area contributed by atoms with Crippen LogP contribution in [-0.2, 0) is 77.9 Å². The number of likely N-dealkylation sites (N-methyl/N-ethyl adjacent to an activating group) is 2. The Kier molecular flexibility index (Phi) is 86.8. The number of carbonyl (C=O) groups is 2. The number of nitrogens with zero attached hydrogens (tertiary/aromatic N) is 16. The molecular weight excluding hydrogens is 887 g/mol. The zero-order chi connectivity index (χ0) is 38.8. The van der Waals surface area contributed by atoms with Crippen LogP contribution in [0.2, 0.25) is 0 Å². The molecule has 22 nitrogen and oxygen atoms in total. The van der Waals surface area contributed by atoms with Gasteiger partial charge in [0.25, 0.3) is 0 Å². The number of benzene rings is 2. The summed E-state index contributed by atoms with van der Waals surface area (Å²) in [6, 6.07) is 13.8. The van der Waals surface area contributed by atoms with Gasteiger partial charge < -0.3 is 84.1 Å². The fraction of sp³-hybridized carbons (Fsp3) is 0.385. The van der Waals surface area contributed by atoms with E-state index < -0.39 is 11.9 Å². The average molecular weight is 923 g/mol. The zero-order valence-electron chi connectivity index (χ0n) is 28.4. The van der Waals surface area contributed by atoms with Crippen molar-refractivity contribution in [1.29, 1.82) is 0 Å². The van der Waals surface area contributed by atoms with Gasteiger partial charge in [0.2, 0.25) is 0 Å². The summed E-state index contributed by atoms with van der Waals surface area (Å²) in [5, 5.41) is 40.3. The number of rotatable bonds is 8. The number of aliphatic imine (C=N–C) groups is 2. The molecule has 0 aliphatic rings. The summed E-state index contributed by atoms with van der Waals surface area (Å²) < 4.78 is 0. The summed E-state index contributed by atoms with van der Waals surface area (Å²) in [5.74, 6) is -2.11. The molecule has 0 aliphatic carbocycles. The third-order valence-electron chi connectivity index (χ3n) is 3.65. The van der Waals surface area contributed by atoms with Gasteiger partial charge in [-0.25, -0.2) is 0 Å². The smallest absolute Gasteiger partial charge is 0.872 e. The Morgan fingerprint density at radius 2 is 0.769 bits per heavy atom. The van der Waals surface area contributed by atoms with Gasteiger partial charge in [-0.15, -0.1) is 11.5 Å². The molecule has 26 heteroatoms. The maximum Gasteiger partial charge on any atom is 2.00 e. The number of carboxylic acid groups (broad SMARTS) is 2. The maximum atomic E-state index is 11.2. The Hall–Kier alpha value is -4.44. The molecule has 0 aliphatic heterocycles. The van der Waals surface area contributed by atoms with E-state index in [-0.39, 0.29) is 79.8 Å². The molecular formula is C26H36Cu4N16O6. The number of para-hydroxylation sites is 2. The Labute approximate surface area is 344 Å². The van der Waals surface area contributed by atoms with Crippen molar-refractivity contribution in [2.75, 3.05) is 54.4 Å². The molecule has 0 N–H and O–H groups in total. The van der Waals surface area contributed by atoms with Crippen LogP contribution in [0.25, 0.3) is 63.9 Å². The fourth-order valence-electron chi connectivity index (χ4n) is 2.02. The monoisotopic (exact) mass is 920 g/mol. The van der Waals surface area contributed by atoms with Gasteiger partial charge in [0.05, 0.1) is 13.1 Å². The first-order valence-corrected chi connectivity index (χ1v) is 12.6. The van der Waals surface area contributed by atoms with Crippen molar-refractivity contribution < 1.29 is 98.3 Å². The number of hydrogen-bond acceptors (Lipinski definition) is 10. The summed E-state index contributed by atoms with van der Waals surface area (Å²) in [5.41, 5.74) is 55.3. The van der Waals surface area contributed by atoms with Crippen LogP contribution in [0.4, 0.5) is 0 Å². The van der Waals surface area contributed by atoms with E-state index in [1.807, 2.05) is 40.3 Å². The van der Waals surface area contributed by atoms with E-state index in [4.69, 9.17) is 64.1 Å². The fourth-order valence-corrected chi connectivity index (χ4v) is 2.02. The molecule has 2 rings (SSSR count). The van der Waals surface area contributed by atoms with Crippen LogP contribution in [0.15, 0.2) is 58.5 Å². The Morgan fingerprint density at radius 1 is 0.577 bits per heavy atom. The molecule has 0 spiro atoms. The van der Waals surface area contributed by atoms with Crippen LogP contribution >= 0.6 is 0 Å². The van der Waals surface area contributed by atoms with E-state index in [2.05, 4.69) is 19.8 Å². The molecule has 0 bridgehead atoms. The van der Waals surface area contributed by atoms with Crippen molar-refractivity contribution in [1.82, 2.24) is 9.80 Å². The van der Waals surface area contributed by atoms with Gasteiger partial charge in [0.1, 0.15) is 0 Å². The number of carbonyl (C=O) groups excluding carboxylic acids is 2. The van der Waals surface area contributed by atoms with Crippen molar-refractivity contribution in [3.63, 3.8) is 0 Å². The Bertz CT molecular complexity index is 1180. The quantitative estimate of drug-likeness (QED) is 0.124. The number of aliphatic carboxylic acids is 2. The topological polar surface area (TPSA) is 392 Å². The zero-order valence-corrected chi connectivity index (χ0v) is 32.2. The van der Waals surface area contributed by atoms with Crippen LogP contribution in [0, 0.1) is 0 Å². The molecule has 0 amide bonds. The summed E-state index contributed by atoms with van der Waals surface area (Å²) in [6.45, 7) is 5.19. The minimum atomic E-state index is -1.08. The molecule has 0 unspecified atom stereocenters. The molecule has 2 aromatic rings. The van der Waals surface area contributed by atoms with Crippen LogP contribution < -0.4 is 20.4 Å². The van der Waals surface area contributed by atoms with Gasteiger partial charge in [0.15, 0.2) is 0 Å². The molecule has 0 fully saturated rings. The second-order valence-electron chi connectivity index (χ2n) is 8.09. The van der Waals surface area contributed by atoms with E-state index in [0.717, 1.165) is 40.0 Å². The second kappa shape index (κ2) is 61.8. The predicted octanol–water partition coefficient (Wildman–Crippen LogP) is 2.45. The molecule has 52 heavy (non-hydrogen) atoms. The van der Waals surface area contributed by atoms with E-state index in [0.29, 0.717) is 11.1 Å². The normalized spacial score (nSPS) is 7.69. The first-order chi connectivity index (χ1) is 22.5. The molecule has 4 radical (unpaired) electrons. The standard InChI is InChI=1S/2C11H16N2O.2C2H4O2.4Cu.4N3/c2*1-13(2)8-7-12-9-10-5-3-4-6-11(10)14;2*1-2(3)4;;;;;4*1-3-2/h2*3-6,9,14H,7-8H2,1-2H3;2*1H3,(H,3,4);;;;;;;;/q;;;;4*+2;4*-1/p-4. The van der Waals surface area contributed by atoms with Crippen LogP contribution in [0.3, 0.4) is 0 Å². The van der Waals surface area contributed by atoms with Gasteiger partial charge >= 0.3 is 68.3 Å². The number of hydrogen-bond donors (Lipinski definition) is 0. The van der Waals surface area contributed by atoms with Gasteiger partial charge in [0, 0.05) is 37.5 Å². The molecule has 300 valence electrons. The molecule has 0 heterocycles. The van der Waals surface area contributed by atoms with Crippen molar-refractivity contribution in [2.24, 2.45) is 9.98 Å². The molecule has 0 saturated heterocycles. The van der Waals surface area contributed by atoms with Crippen LogP contribution in [0.5, 0.6) is 11.5 Å².